The molecule has 0 fully saturated rings. The number of para-hydroxylation sites is 4. The molecule has 0 aromatic heterocycles. The summed E-state index contributed by atoms with van der Waals surface area (Å²) in [7, 11) is -5.36. The molecule has 4 aliphatic heterocycles. The van der Waals surface area contributed by atoms with Crippen LogP contribution >= 0.6 is 13.5 Å². The second kappa shape index (κ2) is 30.6. The lowest BCUT2D eigenvalue weighted by atomic mass is 10.1. The van der Waals surface area contributed by atoms with Crippen molar-refractivity contribution in [1.29, 1.82) is 0 Å². The molecule has 0 spiro atoms. The number of carboxylic acid groups (broad SMARTS) is 2. The zero-order valence-electron chi connectivity index (χ0n) is 58.4. The number of hydrogen-bond acceptors (Lipinski definition) is 15. The van der Waals surface area contributed by atoms with E-state index in [-0.39, 0.29) is 51.7 Å². The summed E-state index contributed by atoms with van der Waals surface area (Å²) >= 11 is 0. The molecule has 0 saturated carbocycles. The average Bonchev–Trinajstić information content (AvgIpc) is 1.48. The zero-order chi connectivity index (χ0) is 74.2. The number of amides is 1. The number of carbonyl (C=O) groups is 4. The molecular weight excluding hydrogens is 1420 g/mol. The van der Waals surface area contributed by atoms with Crippen molar-refractivity contribution in [3.8, 4) is 0 Å². The number of anilines is 6. The van der Waals surface area contributed by atoms with Crippen molar-refractivity contribution in [3.63, 3.8) is 0 Å². The van der Waals surface area contributed by atoms with Crippen LogP contribution in [0.1, 0.15) is 40.3 Å². The van der Waals surface area contributed by atoms with E-state index in [1.54, 1.807) is 146 Å². The third kappa shape index (κ3) is 14.6. The van der Waals surface area contributed by atoms with Gasteiger partial charge in [-0.1, -0.05) is 157 Å². The number of aryl methyl sites for hydroxylation is 2. The molecular formula is C77H79N7O15S5. The number of carbonyl (C=O) groups excluding carboxylic acids is 2. The number of carboxylic acids is 2. The van der Waals surface area contributed by atoms with Crippen LogP contribution in [0.4, 0.5) is 34.1 Å². The maximum atomic E-state index is 13.7. The van der Waals surface area contributed by atoms with Crippen molar-refractivity contribution in [2.45, 2.75) is 90.2 Å². The van der Waals surface area contributed by atoms with Gasteiger partial charge >= 0.3 is 11.9 Å². The summed E-state index contributed by atoms with van der Waals surface area (Å²) in [5.41, 5.74) is 8.87. The van der Waals surface area contributed by atoms with Gasteiger partial charge in [-0.2, -0.15) is 13.5 Å². The van der Waals surface area contributed by atoms with Crippen LogP contribution in [0.15, 0.2) is 238 Å². The van der Waals surface area contributed by atoms with Gasteiger partial charge in [0.1, 0.15) is 24.2 Å². The number of hydrogen-bond donors (Lipinski definition) is 2. The van der Waals surface area contributed by atoms with Crippen LogP contribution in [0.3, 0.4) is 0 Å². The van der Waals surface area contributed by atoms with Crippen LogP contribution in [0.2, 0.25) is 0 Å². The van der Waals surface area contributed by atoms with E-state index >= 15 is 0 Å². The van der Waals surface area contributed by atoms with Crippen molar-refractivity contribution in [2.75, 3.05) is 69.4 Å². The monoisotopic (exact) mass is 1500 g/mol. The molecule has 0 radical (unpaired) electrons. The minimum Gasteiger partial charge on any atom is -0.480 e. The summed E-state index contributed by atoms with van der Waals surface area (Å²) in [4.78, 5) is 57.7. The number of ketones is 1. The summed E-state index contributed by atoms with van der Waals surface area (Å²) in [5, 5.41) is 23.2. The van der Waals surface area contributed by atoms with Crippen molar-refractivity contribution < 1.29 is 67.9 Å². The molecule has 10 aromatic carbocycles. The number of aliphatic carboxylic acids is 2. The highest BCUT2D eigenvalue weighted by molar-refractivity contribution is 7.94. The van der Waals surface area contributed by atoms with E-state index in [0.29, 0.717) is 57.5 Å². The van der Waals surface area contributed by atoms with Gasteiger partial charge in [0.2, 0.25) is 0 Å². The molecule has 27 heteroatoms. The van der Waals surface area contributed by atoms with E-state index in [4.69, 9.17) is 4.84 Å². The molecule has 22 nitrogen and oxygen atoms in total. The smallest absolute Gasteiger partial charge is 0.327 e. The third-order valence-electron chi connectivity index (χ3n) is 18.5. The highest BCUT2D eigenvalue weighted by Gasteiger charge is 2.47. The predicted octanol–water partition coefficient (Wildman–Crippen LogP) is 11.2. The largest absolute Gasteiger partial charge is 0.480 e. The minimum absolute atomic E-state index is 0. The Balaban J connectivity index is 0.000000149. The van der Waals surface area contributed by atoms with Crippen LogP contribution in [0, 0.1) is 13.8 Å². The molecule has 1 amide bonds. The van der Waals surface area contributed by atoms with Gasteiger partial charge in [0, 0.05) is 93.8 Å². The van der Waals surface area contributed by atoms with E-state index in [1.165, 1.54) is 41.8 Å². The Morgan fingerprint density at radius 2 is 0.663 bits per heavy atom. The van der Waals surface area contributed by atoms with Crippen molar-refractivity contribution in [1.82, 2.24) is 5.06 Å². The Labute approximate surface area is 613 Å². The maximum Gasteiger partial charge on any atom is 0.327 e. The summed E-state index contributed by atoms with van der Waals surface area (Å²) in [5.74, 6) is -2.87. The predicted molar refractivity (Wildman–Crippen MR) is 409 cm³/mol. The maximum absolute atomic E-state index is 13.7. The molecule has 104 heavy (non-hydrogen) atoms. The van der Waals surface area contributed by atoms with Crippen LogP contribution in [-0.2, 0) is 89.8 Å². The highest BCUT2D eigenvalue weighted by atomic mass is 32.2. The van der Waals surface area contributed by atoms with Gasteiger partial charge in [-0.05, 0) is 116 Å². The molecule has 1 unspecified atom stereocenters. The summed E-state index contributed by atoms with van der Waals surface area (Å²) < 4.78 is 112. The van der Waals surface area contributed by atoms with Gasteiger partial charge in [0.25, 0.3) is 46.0 Å². The number of benzene rings is 10. The second-order valence-corrected chi connectivity index (χ2v) is 32.8. The average molecular weight is 1500 g/mol. The van der Waals surface area contributed by atoms with Gasteiger partial charge in [0.05, 0.1) is 49.4 Å². The van der Waals surface area contributed by atoms with Gasteiger partial charge in [-0.25, -0.2) is 48.3 Å². The van der Waals surface area contributed by atoms with Gasteiger partial charge in [-0.15, -0.1) is 0 Å². The van der Waals surface area contributed by atoms with Gasteiger partial charge < -0.3 is 20.0 Å². The second-order valence-electron chi connectivity index (χ2n) is 25.6. The normalized spacial score (nSPS) is 16.4. The van der Waals surface area contributed by atoms with Gasteiger partial charge in [-0.3, -0.25) is 31.6 Å². The van der Waals surface area contributed by atoms with Crippen molar-refractivity contribution in [2.24, 2.45) is 0 Å². The number of nitrogens with zero attached hydrogens (tertiary/aromatic N) is 7. The Morgan fingerprint density at radius 3 is 0.981 bits per heavy atom. The first-order valence-corrected chi connectivity index (χ1v) is 38.5. The fourth-order valence-electron chi connectivity index (χ4n) is 13.4. The first-order valence-electron chi connectivity index (χ1n) is 32.7. The van der Waals surface area contributed by atoms with Crippen LogP contribution in [0.5, 0.6) is 0 Å². The lowest BCUT2D eigenvalue weighted by Gasteiger charge is -2.28. The molecule has 4 heterocycles. The summed E-state index contributed by atoms with van der Waals surface area (Å²) in [6, 6.07) is 59.0. The number of likely N-dealkylation sites (N-methyl/N-ethyl adjacent to an activating group) is 1. The summed E-state index contributed by atoms with van der Waals surface area (Å²) in [6.45, 7) is 5.23. The first kappa shape index (κ1) is 76.4. The van der Waals surface area contributed by atoms with E-state index < -0.39 is 82.1 Å². The lowest BCUT2D eigenvalue weighted by Crippen LogP contribution is -2.48. The number of sulfonamides is 4. The van der Waals surface area contributed by atoms with Crippen LogP contribution in [-0.4, -0.2) is 139 Å². The minimum atomic E-state index is -4.08. The lowest BCUT2D eigenvalue weighted by molar-refractivity contribution is -0.169. The van der Waals surface area contributed by atoms with E-state index in [0.717, 1.165) is 58.1 Å². The highest BCUT2D eigenvalue weighted by Crippen LogP contribution is 2.44. The Bertz CT molecular complexity index is 5250. The third-order valence-corrected chi connectivity index (χ3v) is 26.0. The number of fused-ring (bicyclic) bond motifs is 6. The SMILES string of the molecule is CC(=O)[C@@H]1Cc2ccccc2N1S(=O)(=O)c1ccc(C)cc1.CN(C)c1cccc2c(S(=O)(=O)N3c4ccccc4CC3C(=O)O)cccc12.CN(C)c1cccc2c(S(=O)(=O)N3c4ccccc4C[C@@H]3C(=O)O)cccc12.CON(C)C(=O)[C@@H]1Cc2ccccc2N1S(=O)(=O)c1ccc(C)cc1.S. The number of rotatable bonds is 15. The quantitative estimate of drug-likeness (QED) is 0.0902. The molecule has 14 rings (SSSR count). The van der Waals surface area contributed by atoms with E-state index in [1.807, 2.05) is 113 Å². The molecule has 542 valence electrons. The van der Waals surface area contributed by atoms with E-state index in [9.17, 15) is 63.1 Å². The van der Waals surface area contributed by atoms with Crippen LogP contribution in [0.25, 0.3) is 21.5 Å². The van der Waals surface area contributed by atoms with Crippen molar-refractivity contribution in [3.05, 3.63) is 252 Å². The Kier molecular flexibility index (Phi) is 22.4. The number of hydroxylamine groups is 2. The molecule has 10 aromatic rings. The molecule has 0 saturated heterocycles. The van der Waals surface area contributed by atoms with Gasteiger partial charge in [0.15, 0.2) is 5.78 Å². The molecule has 4 aliphatic rings. The molecule has 2 N–H and O–H groups in total. The molecule has 4 atom stereocenters. The Hall–Kier alpha value is -10.3. The van der Waals surface area contributed by atoms with Crippen molar-refractivity contribution >= 4 is 133 Å². The number of Topliss-reactive ketones (excluding diaryl/α,β-unsaturated/α-hetero) is 1. The zero-order valence-corrected chi connectivity index (χ0v) is 62.7. The van der Waals surface area contributed by atoms with E-state index in [2.05, 4.69) is 0 Å². The Morgan fingerprint density at radius 1 is 0.375 bits per heavy atom. The summed E-state index contributed by atoms with van der Waals surface area (Å²) in [6.07, 6.45) is 1.04. The first-order chi connectivity index (χ1) is 48.9. The standard InChI is InChI=1S/2C21H20N2O4S.C18H20N2O4S.C17H17NO3S.H2S/c2*1-22(2)18-11-5-9-16-15(18)8-6-12-20(16)28(26,27)23-17-10-4-3-7-14(17)13-19(23)21(24)25;1-13-8-10-15(11-9-13)25(22,23)20-16-7-5-4-6-14(16)12-17(20)18(21)19(2)24-3;1-12-7-9-15(10-8-12)22(20,21)18-16-6-4-3-5-14(16)11-17(18)13(2)19;/h2*3-12,19H,13H2,1-2H3,(H,24,25);4-11,17H,12H2,1-3H3;3-10,17H,11H2,1-2H3;1H2/t19-;;2*17-;/m1.00./s1. The fraction of sp³-hybridized carbons (Fsp3) is 0.221. The topological polar surface area (TPSA) is 277 Å². The molecule has 0 aliphatic carbocycles. The van der Waals surface area contributed by atoms with Crippen LogP contribution < -0.4 is 27.0 Å². The fourth-order valence-corrected chi connectivity index (χ4v) is 20.5. The molecule has 0 bridgehead atoms.